The van der Waals surface area contributed by atoms with Gasteiger partial charge < -0.3 is 19.2 Å². The highest BCUT2D eigenvalue weighted by molar-refractivity contribution is 5.65. The summed E-state index contributed by atoms with van der Waals surface area (Å²) in [7, 11) is 1.78. The van der Waals surface area contributed by atoms with Crippen molar-refractivity contribution in [3.8, 4) is 0 Å². The topological polar surface area (TPSA) is 57.7 Å². The van der Waals surface area contributed by atoms with E-state index in [9.17, 15) is 9.90 Å². The van der Waals surface area contributed by atoms with Crippen molar-refractivity contribution in [1.29, 1.82) is 0 Å². The maximum atomic E-state index is 10.2. The summed E-state index contributed by atoms with van der Waals surface area (Å²) < 4.78 is 5.05. The Bertz CT molecular complexity index is 243. The van der Waals surface area contributed by atoms with Gasteiger partial charge in [-0.15, -0.1) is 0 Å². The van der Waals surface area contributed by atoms with E-state index in [2.05, 4.69) is 0 Å². The van der Waals surface area contributed by atoms with Gasteiger partial charge in [-0.2, -0.15) is 0 Å². The molecule has 0 bridgehead atoms. The molecule has 12 heavy (non-hydrogen) atoms. The third-order valence-corrected chi connectivity index (χ3v) is 1.50. The van der Waals surface area contributed by atoms with E-state index in [0.29, 0.717) is 6.54 Å². The molecule has 1 aromatic heterocycles. The highest BCUT2D eigenvalue weighted by Gasteiger charge is 2.04. The second-order valence-electron chi connectivity index (χ2n) is 2.76. The minimum absolute atomic E-state index is 0.000694. The molecule has 1 atom stereocenters. The standard InChI is InChI=1S/C8H11NO3/c1-9(6-8(10)11)5-7-3-2-4-12-7/h2-4H,5-6H2,1H3,(H,10,11). The molecule has 0 amide bonds. The fourth-order valence-corrected chi connectivity index (χ4v) is 1.02. The molecule has 4 nitrogen and oxygen atoms in total. The fraction of sp³-hybridized carbons (Fsp3) is 0.375. The number of likely N-dealkylation sites (N-methyl/N-ethyl adjacent to an activating group) is 1. The molecule has 1 N–H and O–H groups in total. The van der Waals surface area contributed by atoms with Crippen LogP contribution in [0.25, 0.3) is 0 Å². The lowest BCUT2D eigenvalue weighted by molar-refractivity contribution is -0.888. The van der Waals surface area contributed by atoms with Gasteiger partial charge in [0.25, 0.3) is 0 Å². The van der Waals surface area contributed by atoms with E-state index in [-0.39, 0.29) is 6.54 Å². The zero-order chi connectivity index (χ0) is 8.97. The molecule has 0 fully saturated rings. The van der Waals surface area contributed by atoms with Gasteiger partial charge in [0.15, 0.2) is 5.76 Å². The van der Waals surface area contributed by atoms with E-state index < -0.39 is 5.97 Å². The summed E-state index contributed by atoms with van der Waals surface area (Å²) in [5.74, 6) is -0.257. The van der Waals surface area contributed by atoms with Crippen LogP contribution >= 0.6 is 0 Å². The second-order valence-corrected chi connectivity index (χ2v) is 2.76. The zero-order valence-electron chi connectivity index (χ0n) is 6.87. The van der Waals surface area contributed by atoms with Crippen molar-refractivity contribution in [3.63, 3.8) is 0 Å². The Balaban J connectivity index is 2.36. The molecule has 0 spiro atoms. The monoisotopic (exact) mass is 169 g/mol. The second kappa shape index (κ2) is 3.92. The van der Waals surface area contributed by atoms with E-state index in [4.69, 9.17) is 4.42 Å². The molecule has 66 valence electrons. The first kappa shape index (κ1) is 8.80. The number of aliphatic carboxylic acids is 1. The number of carbonyl (C=O) groups is 1. The molecule has 1 aromatic rings. The van der Waals surface area contributed by atoms with E-state index in [0.717, 1.165) is 10.7 Å². The number of rotatable bonds is 4. The molecule has 4 heteroatoms. The molecule has 0 saturated carbocycles. The highest BCUT2D eigenvalue weighted by Crippen LogP contribution is 1.95. The summed E-state index contributed by atoms with van der Waals surface area (Å²) in [5.41, 5.74) is 0. The van der Waals surface area contributed by atoms with Gasteiger partial charge in [0.2, 0.25) is 0 Å². The lowest BCUT2D eigenvalue weighted by atomic mass is 10.4. The summed E-state index contributed by atoms with van der Waals surface area (Å²) in [5, 5.41) is 10.2. The minimum Gasteiger partial charge on any atom is -0.544 e. The molecule has 1 unspecified atom stereocenters. The third kappa shape index (κ3) is 2.75. The van der Waals surface area contributed by atoms with Crippen LogP contribution in [0.5, 0.6) is 0 Å². The molecular formula is C8H11NO3. The number of quaternary nitrogens is 1. The maximum Gasteiger partial charge on any atom is 0.157 e. The van der Waals surface area contributed by atoms with Crippen LogP contribution < -0.4 is 10.0 Å². The van der Waals surface area contributed by atoms with Crippen LogP contribution in [0.15, 0.2) is 22.8 Å². The zero-order valence-corrected chi connectivity index (χ0v) is 6.87. The first-order chi connectivity index (χ1) is 5.68. The van der Waals surface area contributed by atoms with Gasteiger partial charge >= 0.3 is 0 Å². The molecule has 1 heterocycles. The number of furan rings is 1. The van der Waals surface area contributed by atoms with Crippen molar-refractivity contribution in [1.82, 2.24) is 0 Å². The van der Waals surface area contributed by atoms with E-state index >= 15 is 0 Å². The highest BCUT2D eigenvalue weighted by atomic mass is 16.4. The number of hydrogen-bond acceptors (Lipinski definition) is 3. The summed E-state index contributed by atoms with van der Waals surface area (Å²) in [4.78, 5) is 11.0. The molecule has 0 radical (unpaired) electrons. The van der Waals surface area contributed by atoms with Crippen LogP contribution in [0, 0.1) is 0 Å². The summed E-state index contributed by atoms with van der Waals surface area (Å²) >= 11 is 0. The Labute approximate surface area is 70.4 Å². The number of hydrogen-bond donors (Lipinski definition) is 1. The van der Waals surface area contributed by atoms with Crippen molar-refractivity contribution in [2.24, 2.45) is 0 Å². The average molecular weight is 169 g/mol. The van der Waals surface area contributed by atoms with Gasteiger partial charge in [0.05, 0.1) is 19.3 Å². The molecule has 0 aliphatic rings. The smallest absolute Gasteiger partial charge is 0.157 e. The SMILES string of the molecule is C[NH+](CC(=O)[O-])Cc1ccco1. The Morgan fingerprint density at radius 3 is 3.00 bits per heavy atom. The Morgan fingerprint density at radius 2 is 2.50 bits per heavy atom. The summed E-state index contributed by atoms with van der Waals surface area (Å²) in [6.07, 6.45) is 1.57. The van der Waals surface area contributed by atoms with Crippen LogP contribution in [0.4, 0.5) is 0 Å². The lowest BCUT2D eigenvalue weighted by Crippen LogP contribution is -3.09. The minimum atomic E-state index is -1.04. The maximum absolute atomic E-state index is 10.2. The van der Waals surface area contributed by atoms with Gasteiger partial charge in [0, 0.05) is 0 Å². The third-order valence-electron chi connectivity index (χ3n) is 1.50. The van der Waals surface area contributed by atoms with Crippen LogP contribution in [-0.4, -0.2) is 19.6 Å². The number of nitrogens with one attached hydrogen (secondary N) is 1. The van der Waals surface area contributed by atoms with E-state index in [1.165, 1.54) is 0 Å². The Kier molecular flexibility index (Phi) is 2.88. The van der Waals surface area contributed by atoms with Crippen LogP contribution in [0.3, 0.4) is 0 Å². The van der Waals surface area contributed by atoms with Gasteiger partial charge in [-0.25, -0.2) is 0 Å². The fourth-order valence-electron chi connectivity index (χ4n) is 1.02. The van der Waals surface area contributed by atoms with Gasteiger partial charge in [-0.05, 0) is 12.1 Å². The van der Waals surface area contributed by atoms with E-state index in [1.807, 2.05) is 6.07 Å². The van der Waals surface area contributed by atoms with Crippen LogP contribution in [0.2, 0.25) is 0 Å². The Hall–Kier alpha value is -1.29. The summed E-state index contributed by atoms with van der Waals surface area (Å²) in [6, 6.07) is 3.60. The van der Waals surface area contributed by atoms with Crippen molar-refractivity contribution in [3.05, 3.63) is 24.2 Å². The number of carboxylic acids is 1. The first-order valence-corrected chi connectivity index (χ1v) is 3.72. The molecule has 1 rings (SSSR count). The number of carboxylic acid groups (broad SMARTS) is 1. The average Bonchev–Trinajstić information content (AvgIpc) is 2.37. The van der Waals surface area contributed by atoms with Gasteiger partial charge in [-0.1, -0.05) is 0 Å². The molecule has 0 aliphatic carbocycles. The van der Waals surface area contributed by atoms with Gasteiger partial charge in [-0.3, -0.25) is 0 Å². The predicted molar refractivity (Wildman–Crippen MR) is 39.2 cm³/mol. The van der Waals surface area contributed by atoms with Crippen LogP contribution in [-0.2, 0) is 11.3 Å². The molecule has 0 saturated heterocycles. The molecule has 0 aromatic carbocycles. The van der Waals surface area contributed by atoms with Crippen molar-refractivity contribution >= 4 is 5.97 Å². The van der Waals surface area contributed by atoms with E-state index in [1.54, 1.807) is 19.4 Å². The van der Waals surface area contributed by atoms with Crippen LogP contribution in [0.1, 0.15) is 5.76 Å². The predicted octanol–water partition coefficient (Wildman–Crippen LogP) is -1.96. The molecule has 0 aliphatic heterocycles. The van der Waals surface area contributed by atoms with Crippen molar-refractivity contribution in [2.75, 3.05) is 13.6 Å². The normalized spacial score (nSPS) is 12.8. The summed E-state index contributed by atoms with van der Waals surface area (Å²) in [6.45, 7) is 0.571. The first-order valence-electron chi connectivity index (χ1n) is 3.72. The number of carbonyl (C=O) groups excluding carboxylic acids is 1. The van der Waals surface area contributed by atoms with Crippen molar-refractivity contribution in [2.45, 2.75) is 6.54 Å². The largest absolute Gasteiger partial charge is 0.544 e. The quantitative estimate of drug-likeness (QED) is 0.569. The van der Waals surface area contributed by atoms with Gasteiger partial charge in [0.1, 0.15) is 13.1 Å². The van der Waals surface area contributed by atoms with Crippen molar-refractivity contribution < 1.29 is 19.2 Å². The lowest BCUT2D eigenvalue weighted by Gasteiger charge is -2.12. The Morgan fingerprint density at radius 1 is 1.75 bits per heavy atom. The molecular weight excluding hydrogens is 158 g/mol.